The van der Waals surface area contributed by atoms with Gasteiger partial charge >= 0.3 is 192 Å². The fourth-order valence-electron chi connectivity index (χ4n) is 5.10. The monoisotopic (exact) mass is 436 g/mol. The van der Waals surface area contributed by atoms with Gasteiger partial charge in [-0.15, -0.1) is 0 Å². The van der Waals surface area contributed by atoms with Crippen LogP contribution >= 0.6 is 7.26 Å². The second-order valence-corrected chi connectivity index (χ2v) is 12.2. The van der Waals surface area contributed by atoms with E-state index in [0.717, 1.165) is 19.3 Å². The van der Waals surface area contributed by atoms with Crippen molar-refractivity contribution in [3.8, 4) is 0 Å². The molecule has 160 valence electrons. The van der Waals surface area contributed by atoms with Crippen molar-refractivity contribution in [2.75, 3.05) is 0 Å². The maximum atomic E-state index is 6.59. The minimum absolute atomic E-state index is 0.628. The third kappa shape index (κ3) is 3.90. The van der Waals surface area contributed by atoms with Crippen molar-refractivity contribution in [1.29, 1.82) is 0 Å². The number of benzene rings is 4. The van der Waals surface area contributed by atoms with Gasteiger partial charge in [0, 0.05) is 0 Å². The van der Waals surface area contributed by atoms with Crippen LogP contribution in [0.15, 0.2) is 132 Å². The SMILES string of the molecule is c1ccc(COC2=C([PH](c3ccccc3)(c3ccccc3)c3ccccc3)CCC2)cc1. The van der Waals surface area contributed by atoms with E-state index in [4.69, 9.17) is 4.74 Å². The van der Waals surface area contributed by atoms with Gasteiger partial charge < -0.3 is 0 Å². The molecule has 0 aliphatic heterocycles. The Morgan fingerprint density at radius 1 is 0.531 bits per heavy atom. The third-order valence-electron chi connectivity index (χ3n) is 6.50. The van der Waals surface area contributed by atoms with Gasteiger partial charge in [0.25, 0.3) is 0 Å². The Hall–Kier alpha value is -3.15. The Labute approximate surface area is 191 Å². The van der Waals surface area contributed by atoms with Crippen molar-refractivity contribution in [3.63, 3.8) is 0 Å². The van der Waals surface area contributed by atoms with Crippen molar-refractivity contribution in [1.82, 2.24) is 0 Å². The van der Waals surface area contributed by atoms with Crippen LogP contribution in [0.2, 0.25) is 0 Å². The molecule has 0 fully saturated rings. The number of hydrogen-bond donors (Lipinski definition) is 0. The van der Waals surface area contributed by atoms with Crippen LogP contribution in [-0.2, 0) is 11.3 Å². The molecular formula is C30H29OP. The first-order chi connectivity index (χ1) is 15.9. The summed E-state index contributed by atoms with van der Waals surface area (Å²) in [5, 5.41) is 5.80. The van der Waals surface area contributed by atoms with E-state index in [1.54, 1.807) is 0 Å². The summed E-state index contributed by atoms with van der Waals surface area (Å²) in [6.45, 7) is 0.628. The first-order valence-electron chi connectivity index (χ1n) is 11.4. The minimum atomic E-state index is -2.44. The molecule has 1 aliphatic carbocycles. The van der Waals surface area contributed by atoms with Gasteiger partial charge in [-0.3, -0.25) is 0 Å². The Kier molecular flexibility index (Phi) is 6.19. The summed E-state index contributed by atoms with van der Waals surface area (Å²) in [5.74, 6) is 1.21. The molecule has 0 aromatic heterocycles. The van der Waals surface area contributed by atoms with Crippen molar-refractivity contribution in [3.05, 3.63) is 138 Å². The molecule has 0 unspecified atom stereocenters. The number of hydrogen-bond acceptors (Lipinski definition) is 1. The van der Waals surface area contributed by atoms with Crippen LogP contribution in [-0.4, -0.2) is 0 Å². The second-order valence-electron chi connectivity index (χ2n) is 8.38. The predicted molar refractivity (Wildman–Crippen MR) is 139 cm³/mol. The molecule has 0 atom stereocenters. The summed E-state index contributed by atoms with van der Waals surface area (Å²) < 4.78 is 6.59. The quantitative estimate of drug-likeness (QED) is 0.308. The average Bonchev–Trinajstić information content (AvgIpc) is 3.35. The molecule has 2 heteroatoms. The molecule has 32 heavy (non-hydrogen) atoms. The van der Waals surface area contributed by atoms with E-state index in [1.807, 2.05) is 0 Å². The normalized spacial score (nSPS) is 14.4. The van der Waals surface area contributed by atoms with Crippen molar-refractivity contribution in [2.24, 2.45) is 0 Å². The molecule has 5 rings (SSSR count). The average molecular weight is 437 g/mol. The first-order valence-corrected chi connectivity index (χ1v) is 13.4. The molecular weight excluding hydrogens is 407 g/mol. The van der Waals surface area contributed by atoms with E-state index in [2.05, 4.69) is 121 Å². The molecule has 0 amide bonds. The van der Waals surface area contributed by atoms with Crippen LogP contribution in [0.4, 0.5) is 0 Å². The van der Waals surface area contributed by atoms with Crippen molar-refractivity contribution >= 4 is 23.2 Å². The molecule has 0 bridgehead atoms. The fourth-order valence-corrected chi connectivity index (χ4v) is 10.4. The van der Waals surface area contributed by atoms with Crippen LogP contribution in [0.5, 0.6) is 0 Å². The Balaban J connectivity index is 1.72. The summed E-state index contributed by atoms with van der Waals surface area (Å²) in [5.41, 5.74) is 1.22. The summed E-state index contributed by atoms with van der Waals surface area (Å²) in [6, 6.07) is 43.9. The van der Waals surface area contributed by atoms with E-state index >= 15 is 0 Å². The molecule has 1 nitrogen and oxygen atoms in total. The van der Waals surface area contributed by atoms with Crippen LogP contribution in [0.25, 0.3) is 0 Å². The summed E-state index contributed by atoms with van der Waals surface area (Å²) in [4.78, 5) is 0. The van der Waals surface area contributed by atoms with Gasteiger partial charge in [-0.1, -0.05) is 0 Å². The molecule has 0 heterocycles. The molecule has 1 aliphatic rings. The second kappa shape index (κ2) is 9.55. The standard InChI is InChI=1S/C30H29OP/c1-5-14-25(15-6-1)24-31-29-22-13-23-30(29)32(26-16-7-2-8-17-26,27-18-9-3-10-19-27)28-20-11-4-12-21-28/h1-12,14-21,32H,13,22-24H2. The molecule has 0 N–H and O–H groups in total. The topological polar surface area (TPSA) is 9.23 Å². The van der Waals surface area contributed by atoms with Gasteiger partial charge in [-0.2, -0.15) is 0 Å². The Morgan fingerprint density at radius 3 is 1.44 bits per heavy atom. The van der Waals surface area contributed by atoms with E-state index in [-0.39, 0.29) is 0 Å². The van der Waals surface area contributed by atoms with Crippen LogP contribution in [0.1, 0.15) is 24.8 Å². The van der Waals surface area contributed by atoms with Crippen molar-refractivity contribution < 1.29 is 4.74 Å². The molecule has 4 aromatic rings. The van der Waals surface area contributed by atoms with E-state index in [0.29, 0.717) is 6.61 Å². The first kappa shape index (κ1) is 20.7. The number of rotatable bonds is 7. The molecule has 4 aromatic carbocycles. The molecule has 0 spiro atoms. The van der Waals surface area contributed by atoms with E-state index < -0.39 is 7.26 Å². The summed E-state index contributed by atoms with van der Waals surface area (Å²) in [7, 11) is -2.44. The van der Waals surface area contributed by atoms with Gasteiger partial charge in [0.15, 0.2) is 0 Å². The van der Waals surface area contributed by atoms with E-state index in [9.17, 15) is 0 Å². The van der Waals surface area contributed by atoms with Crippen LogP contribution in [0.3, 0.4) is 0 Å². The van der Waals surface area contributed by atoms with Crippen LogP contribution in [0, 0.1) is 0 Å². The summed E-state index contributed by atoms with van der Waals surface area (Å²) in [6.07, 6.45) is 3.26. The fraction of sp³-hybridized carbons (Fsp3) is 0.133. The number of ether oxygens (including phenoxy) is 1. The third-order valence-corrected chi connectivity index (χ3v) is 11.5. The van der Waals surface area contributed by atoms with Gasteiger partial charge in [-0.05, 0) is 0 Å². The van der Waals surface area contributed by atoms with Gasteiger partial charge in [-0.25, -0.2) is 0 Å². The maximum absolute atomic E-state index is 6.59. The molecule has 0 saturated carbocycles. The van der Waals surface area contributed by atoms with Crippen LogP contribution < -0.4 is 15.9 Å². The predicted octanol–water partition coefficient (Wildman–Crippen LogP) is 6.33. The molecule has 0 radical (unpaired) electrons. The summed E-state index contributed by atoms with van der Waals surface area (Å²) >= 11 is 0. The zero-order valence-electron chi connectivity index (χ0n) is 18.3. The van der Waals surface area contributed by atoms with Gasteiger partial charge in [0.2, 0.25) is 0 Å². The number of allylic oxidation sites excluding steroid dienone is 2. The van der Waals surface area contributed by atoms with Gasteiger partial charge in [0.05, 0.1) is 0 Å². The Bertz CT molecular complexity index is 1070. The zero-order chi connectivity index (χ0) is 21.6. The van der Waals surface area contributed by atoms with Crippen molar-refractivity contribution in [2.45, 2.75) is 25.9 Å². The van der Waals surface area contributed by atoms with E-state index in [1.165, 1.54) is 32.6 Å². The molecule has 0 saturated heterocycles. The zero-order valence-corrected chi connectivity index (χ0v) is 19.3. The van der Waals surface area contributed by atoms with Gasteiger partial charge in [0.1, 0.15) is 0 Å². The Morgan fingerprint density at radius 2 is 0.969 bits per heavy atom.